The number of hydrogen-bond donors (Lipinski definition) is 0. The molecule has 0 aliphatic heterocycles. The molecule has 0 aromatic heterocycles. The summed E-state index contributed by atoms with van der Waals surface area (Å²) >= 11 is 8.36. The molecule has 8 heteroatoms. The van der Waals surface area contributed by atoms with Crippen LogP contribution in [0.25, 0.3) is 0 Å². The second-order valence-corrected chi connectivity index (χ2v) is 5.73. The zero-order chi connectivity index (χ0) is 11.9. The van der Waals surface area contributed by atoms with Gasteiger partial charge in [0.25, 0.3) is 9.84 Å². The van der Waals surface area contributed by atoms with E-state index < -0.39 is 20.2 Å². The Bertz CT molecular complexity index is 483. The molecule has 0 unspecified atom stereocenters. The van der Waals surface area contributed by atoms with Gasteiger partial charge in [0.05, 0.1) is 9.92 Å². The highest BCUT2D eigenvalue weighted by Crippen LogP contribution is 2.33. The molecular formula is C7H3BrClF3O2S. The summed E-state index contributed by atoms with van der Waals surface area (Å²) in [6.07, 6.45) is 0. The van der Waals surface area contributed by atoms with E-state index in [0.717, 1.165) is 18.2 Å². The third kappa shape index (κ3) is 2.46. The van der Waals surface area contributed by atoms with Gasteiger partial charge in [0.1, 0.15) is 0 Å². The van der Waals surface area contributed by atoms with Crippen molar-refractivity contribution in [3.63, 3.8) is 0 Å². The number of benzene rings is 1. The lowest BCUT2D eigenvalue weighted by Crippen LogP contribution is -2.23. The molecule has 1 aromatic rings. The van der Waals surface area contributed by atoms with Crippen LogP contribution in [0.2, 0.25) is 5.02 Å². The minimum absolute atomic E-state index is 0.0921. The summed E-state index contributed by atoms with van der Waals surface area (Å²) in [6, 6.07) is 2.69. The highest BCUT2D eigenvalue weighted by Gasteiger charge is 2.46. The van der Waals surface area contributed by atoms with Gasteiger partial charge in [-0.2, -0.15) is 13.2 Å². The van der Waals surface area contributed by atoms with Crippen molar-refractivity contribution in [1.29, 1.82) is 0 Å². The Morgan fingerprint density at radius 3 is 2.20 bits per heavy atom. The molecule has 1 rings (SSSR count). The maximum absolute atomic E-state index is 12.1. The first-order valence-corrected chi connectivity index (χ1v) is 6.08. The third-order valence-corrected chi connectivity index (χ3v) is 4.20. The van der Waals surface area contributed by atoms with E-state index in [1.807, 2.05) is 0 Å². The molecule has 0 saturated carbocycles. The predicted octanol–water partition coefficient (Wildman–Crippen LogP) is 3.40. The van der Waals surface area contributed by atoms with Crippen molar-refractivity contribution in [1.82, 2.24) is 0 Å². The van der Waals surface area contributed by atoms with Gasteiger partial charge < -0.3 is 0 Å². The van der Waals surface area contributed by atoms with Crippen LogP contribution in [0.3, 0.4) is 0 Å². The quantitative estimate of drug-likeness (QED) is 0.794. The van der Waals surface area contributed by atoms with Crippen molar-refractivity contribution in [2.75, 3.05) is 0 Å². The fourth-order valence-corrected chi connectivity index (χ4v) is 2.21. The maximum Gasteiger partial charge on any atom is 0.501 e. The highest BCUT2D eigenvalue weighted by atomic mass is 79.9. The summed E-state index contributed by atoms with van der Waals surface area (Å²) in [6.45, 7) is 0. The van der Waals surface area contributed by atoms with Gasteiger partial charge in [0, 0.05) is 4.47 Å². The van der Waals surface area contributed by atoms with E-state index in [2.05, 4.69) is 15.9 Å². The van der Waals surface area contributed by atoms with E-state index in [1.165, 1.54) is 0 Å². The molecule has 15 heavy (non-hydrogen) atoms. The standard InChI is InChI=1S/C7H3BrClF3O2S/c8-5-3-4(1-2-6(5)9)15(13,14)7(10,11)12/h1-3H. The van der Waals surface area contributed by atoms with Crippen LogP contribution < -0.4 is 0 Å². The van der Waals surface area contributed by atoms with Crippen LogP contribution in [0, 0.1) is 0 Å². The highest BCUT2D eigenvalue weighted by molar-refractivity contribution is 9.10. The summed E-state index contributed by atoms with van der Waals surface area (Å²) in [5.41, 5.74) is -5.31. The molecule has 0 fully saturated rings. The van der Waals surface area contributed by atoms with E-state index in [-0.39, 0.29) is 9.50 Å². The van der Waals surface area contributed by atoms with Gasteiger partial charge in [-0.15, -0.1) is 0 Å². The maximum atomic E-state index is 12.1. The summed E-state index contributed by atoms with van der Waals surface area (Å²) in [4.78, 5) is -0.841. The molecule has 0 spiro atoms. The molecule has 0 amide bonds. The molecule has 84 valence electrons. The first kappa shape index (κ1) is 12.8. The smallest absolute Gasteiger partial charge is 0.214 e. The van der Waals surface area contributed by atoms with Crippen molar-refractivity contribution >= 4 is 37.4 Å². The van der Waals surface area contributed by atoms with Gasteiger partial charge in [-0.1, -0.05) is 11.6 Å². The monoisotopic (exact) mass is 322 g/mol. The van der Waals surface area contributed by atoms with Crippen molar-refractivity contribution < 1.29 is 21.6 Å². The van der Waals surface area contributed by atoms with E-state index in [9.17, 15) is 21.6 Å². The lowest BCUT2D eigenvalue weighted by molar-refractivity contribution is -0.0436. The van der Waals surface area contributed by atoms with Crippen LogP contribution in [-0.2, 0) is 9.84 Å². The lowest BCUT2D eigenvalue weighted by Gasteiger charge is -2.08. The Labute approximate surface area is 97.1 Å². The fraction of sp³-hybridized carbons (Fsp3) is 0.143. The van der Waals surface area contributed by atoms with Crippen LogP contribution in [0.1, 0.15) is 0 Å². The zero-order valence-corrected chi connectivity index (χ0v) is 10.0. The second-order valence-electron chi connectivity index (χ2n) is 2.53. The average molecular weight is 324 g/mol. The summed E-state index contributed by atoms with van der Waals surface area (Å²) in [5, 5.41) is 0.135. The van der Waals surface area contributed by atoms with Crippen molar-refractivity contribution in [2.24, 2.45) is 0 Å². The van der Waals surface area contributed by atoms with Crippen LogP contribution >= 0.6 is 27.5 Å². The Morgan fingerprint density at radius 1 is 1.27 bits per heavy atom. The summed E-state index contributed by atoms with van der Waals surface area (Å²) in [5.74, 6) is 0. The van der Waals surface area contributed by atoms with Crippen LogP contribution in [0.4, 0.5) is 13.2 Å². The van der Waals surface area contributed by atoms with Gasteiger partial charge in [0.2, 0.25) is 0 Å². The van der Waals surface area contributed by atoms with Gasteiger partial charge >= 0.3 is 5.51 Å². The van der Waals surface area contributed by atoms with E-state index in [0.29, 0.717) is 0 Å². The number of sulfone groups is 1. The first-order valence-electron chi connectivity index (χ1n) is 3.42. The van der Waals surface area contributed by atoms with Gasteiger partial charge in [-0.3, -0.25) is 0 Å². The first-order chi connectivity index (χ1) is 6.66. The number of alkyl halides is 3. The average Bonchev–Trinajstić information content (AvgIpc) is 2.07. The number of hydrogen-bond acceptors (Lipinski definition) is 2. The number of halogens is 5. The summed E-state index contributed by atoms with van der Waals surface area (Å²) < 4.78 is 58.3. The van der Waals surface area contributed by atoms with Crippen molar-refractivity contribution in [2.45, 2.75) is 10.4 Å². The molecule has 0 radical (unpaired) electrons. The molecule has 0 N–H and O–H groups in total. The van der Waals surface area contributed by atoms with Crippen LogP contribution in [0.15, 0.2) is 27.6 Å². The van der Waals surface area contributed by atoms with Crippen LogP contribution in [0.5, 0.6) is 0 Å². The third-order valence-electron chi connectivity index (χ3n) is 1.51. The molecule has 0 atom stereocenters. The van der Waals surface area contributed by atoms with E-state index >= 15 is 0 Å². The predicted molar refractivity (Wildman–Crippen MR) is 52.4 cm³/mol. The zero-order valence-electron chi connectivity index (χ0n) is 6.85. The molecule has 0 aliphatic carbocycles. The molecule has 0 saturated heterocycles. The molecule has 1 aromatic carbocycles. The van der Waals surface area contributed by atoms with Gasteiger partial charge in [-0.25, -0.2) is 8.42 Å². The minimum atomic E-state index is -5.31. The second kappa shape index (κ2) is 3.95. The topological polar surface area (TPSA) is 34.1 Å². The molecule has 0 heterocycles. The van der Waals surface area contributed by atoms with Crippen LogP contribution in [-0.4, -0.2) is 13.9 Å². The SMILES string of the molecule is O=S(=O)(c1ccc(Cl)c(Br)c1)C(F)(F)F. The van der Waals surface area contributed by atoms with E-state index in [1.54, 1.807) is 0 Å². The molecule has 2 nitrogen and oxygen atoms in total. The Hall–Kier alpha value is -0.270. The lowest BCUT2D eigenvalue weighted by atomic mass is 10.4. The molecular weight excluding hydrogens is 320 g/mol. The Balaban J connectivity index is 3.36. The normalized spacial score (nSPS) is 12.9. The Kier molecular flexibility index (Phi) is 3.37. The van der Waals surface area contributed by atoms with E-state index in [4.69, 9.17) is 11.6 Å². The van der Waals surface area contributed by atoms with Gasteiger partial charge in [0.15, 0.2) is 0 Å². The molecule has 0 bridgehead atoms. The fourth-order valence-electron chi connectivity index (χ4n) is 0.778. The van der Waals surface area contributed by atoms with Crippen molar-refractivity contribution in [3.05, 3.63) is 27.7 Å². The Morgan fingerprint density at radius 2 is 1.80 bits per heavy atom. The summed E-state index contributed by atoms with van der Waals surface area (Å²) in [7, 11) is -5.30. The number of rotatable bonds is 1. The minimum Gasteiger partial charge on any atom is -0.214 e. The van der Waals surface area contributed by atoms with Crippen molar-refractivity contribution in [3.8, 4) is 0 Å². The van der Waals surface area contributed by atoms with Gasteiger partial charge in [-0.05, 0) is 34.1 Å². The molecule has 0 aliphatic rings. The largest absolute Gasteiger partial charge is 0.501 e.